The van der Waals surface area contributed by atoms with Crippen LogP contribution in [0.15, 0.2) is 64.5 Å². The zero-order valence-electron chi connectivity index (χ0n) is 18.3. The quantitative estimate of drug-likeness (QED) is 0.311. The first kappa shape index (κ1) is 25.6. The zero-order valence-corrected chi connectivity index (χ0v) is 21.4. The molecule has 170 valence electrons. The summed E-state index contributed by atoms with van der Waals surface area (Å²) in [7, 11) is -3.17. The molecule has 1 aliphatic rings. The number of hydrogen-bond donors (Lipinski definition) is 2. The molecule has 1 saturated heterocycles. The molecule has 0 unspecified atom stereocenters. The number of nitrogens with zero attached hydrogens (tertiary/aromatic N) is 2. The molecule has 6 nitrogen and oxygen atoms in total. The van der Waals surface area contributed by atoms with Gasteiger partial charge in [-0.15, -0.1) is 24.0 Å². The molecule has 2 aromatic rings. The SMILES string of the molecule is CCNC(=NCc1ccc(S(C)(=O)=O)cc1)NC1CCN(Cc2ccccc2)CC1.I. The van der Waals surface area contributed by atoms with Crippen molar-refractivity contribution >= 4 is 39.8 Å². The number of guanidine groups is 1. The summed E-state index contributed by atoms with van der Waals surface area (Å²) in [6.45, 7) is 6.50. The Morgan fingerprint density at radius 1 is 1.03 bits per heavy atom. The lowest BCUT2D eigenvalue weighted by Crippen LogP contribution is -2.48. The minimum absolute atomic E-state index is 0. The highest BCUT2D eigenvalue weighted by Crippen LogP contribution is 2.14. The number of piperidine rings is 1. The Bertz CT molecular complexity index is 926. The number of sulfone groups is 1. The van der Waals surface area contributed by atoms with Crippen LogP contribution < -0.4 is 10.6 Å². The molecule has 1 heterocycles. The van der Waals surface area contributed by atoms with Gasteiger partial charge >= 0.3 is 0 Å². The van der Waals surface area contributed by atoms with Crippen molar-refractivity contribution in [1.82, 2.24) is 15.5 Å². The highest BCUT2D eigenvalue weighted by molar-refractivity contribution is 14.0. The van der Waals surface area contributed by atoms with E-state index in [0.29, 0.717) is 17.5 Å². The second-order valence-electron chi connectivity index (χ2n) is 7.79. The van der Waals surface area contributed by atoms with E-state index in [-0.39, 0.29) is 24.0 Å². The molecule has 1 fully saturated rings. The fraction of sp³-hybridized carbons (Fsp3) is 0.435. The lowest BCUT2D eigenvalue weighted by molar-refractivity contribution is 0.198. The van der Waals surface area contributed by atoms with Gasteiger partial charge in [-0.1, -0.05) is 42.5 Å². The summed E-state index contributed by atoms with van der Waals surface area (Å²) in [5.74, 6) is 0.811. The molecular formula is C23H33IN4O2S. The van der Waals surface area contributed by atoms with Crippen LogP contribution in [-0.4, -0.2) is 51.2 Å². The number of aliphatic imine (C=N–C) groups is 1. The largest absolute Gasteiger partial charge is 0.357 e. The van der Waals surface area contributed by atoms with E-state index in [1.165, 1.54) is 11.8 Å². The number of halogens is 1. The molecule has 1 aliphatic heterocycles. The van der Waals surface area contributed by atoms with Crippen LogP contribution in [-0.2, 0) is 22.9 Å². The zero-order chi connectivity index (χ0) is 21.4. The molecule has 0 spiro atoms. The molecule has 2 aromatic carbocycles. The van der Waals surface area contributed by atoms with Crippen LogP contribution in [0.25, 0.3) is 0 Å². The van der Waals surface area contributed by atoms with Crippen molar-refractivity contribution in [2.24, 2.45) is 4.99 Å². The van der Waals surface area contributed by atoms with Crippen LogP contribution in [0.4, 0.5) is 0 Å². The monoisotopic (exact) mass is 556 g/mol. The smallest absolute Gasteiger partial charge is 0.191 e. The summed E-state index contributed by atoms with van der Waals surface area (Å²) in [6, 6.07) is 18.0. The van der Waals surface area contributed by atoms with Crippen LogP contribution in [0.1, 0.15) is 30.9 Å². The van der Waals surface area contributed by atoms with Crippen LogP contribution in [0.3, 0.4) is 0 Å². The average Bonchev–Trinajstić information content (AvgIpc) is 2.74. The van der Waals surface area contributed by atoms with E-state index in [9.17, 15) is 8.42 Å². The molecular weight excluding hydrogens is 523 g/mol. The van der Waals surface area contributed by atoms with Gasteiger partial charge in [0.05, 0.1) is 11.4 Å². The topological polar surface area (TPSA) is 73.8 Å². The summed E-state index contributed by atoms with van der Waals surface area (Å²) in [5, 5.41) is 6.88. The van der Waals surface area contributed by atoms with E-state index in [0.717, 1.165) is 50.5 Å². The van der Waals surface area contributed by atoms with Crippen LogP contribution in [0, 0.1) is 0 Å². The highest BCUT2D eigenvalue weighted by atomic mass is 127. The van der Waals surface area contributed by atoms with Gasteiger partial charge in [-0.2, -0.15) is 0 Å². The molecule has 0 amide bonds. The molecule has 3 rings (SSSR count). The van der Waals surface area contributed by atoms with E-state index in [1.807, 2.05) is 12.1 Å². The average molecular weight is 557 g/mol. The van der Waals surface area contributed by atoms with Gasteiger partial charge < -0.3 is 10.6 Å². The number of hydrogen-bond acceptors (Lipinski definition) is 4. The van der Waals surface area contributed by atoms with Gasteiger partial charge in [0.2, 0.25) is 0 Å². The first-order valence-electron chi connectivity index (χ1n) is 10.5. The Morgan fingerprint density at radius 3 is 2.26 bits per heavy atom. The molecule has 0 bridgehead atoms. The third kappa shape index (κ3) is 8.42. The molecule has 0 atom stereocenters. The first-order valence-corrected chi connectivity index (χ1v) is 12.4. The second kappa shape index (κ2) is 12.4. The van der Waals surface area contributed by atoms with Gasteiger partial charge in [0.15, 0.2) is 15.8 Å². The van der Waals surface area contributed by atoms with Crippen molar-refractivity contribution in [1.29, 1.82) is 0 Å². The molecule has 0 saturated carbocycles. The number of benzene rings is 2. The lowest BCUT2D eigenvalue weighted by atomic mass is 10.0. The van der Waals surface area contributed by atoms with Crippen LogP contribution in [0.2, 0.25) is 0 Å². The Hall–Kier alpha value is -1.65. The predicted octanol–water partition coefficient (Wildman–Crippen LogP) is 3.43. The molecule has 0 aliphatic carbocycles. The Labute approximate surface area is 203 Å². The highest BCUT2D eigenvalue weighted by Gasteiger charge is 2.20. The van der Waals surface area contributed by atoms with Crippen molar-refractivity contribution in [3.8, 4) is 0 Å². The lowest BCUT2D eigenvalue weighted by Gasteiger charge is -2.33. The number of rotatable bonds is 7. The van der Waals surface area contributed by atoms with E-state index < -0.39 is 9.84 Å². The molecule has 31 heavy (non-hydrogen) atoms. The third-order valence-electron chi connectivity index (χ3n) is 5.29. The summed E-state index contributed by atoms with van der Waals surface area (Å²) in [6.07, 6.45) is 3.39. The minimum atomic E-state index is -3.17. The normalized spacial score (nSPS) is 15.9. The molecule has 8 heteroatoms. The summed E-state index contributed by atoms with van der Waals surface area (Å²) in [5.41, 5.74) is 2.35. The van der Waals surface area contributed by atoms with Gasteiger partial charge in [-0.25, -0.2) is 13.4 Å². The fourth-order valence-corrected chi connectivity index (χ4v) is 4.23. The van der Waals surface area contributed by atoms with Crippen molar-refractivity contribution in [3.63, 3.8) is 0 Å². The van der Waals surface area contributed by atoms with Crippen molar-refractivity contribution in [2.45, 2.75) is 43.8 Å². The maximum Gasteiger partial charge on any atom is 0.191 e. The van der Waals surface area contributed by atoms with E-state index in [1.54, 1.807) is 12.1 Å². The number of nitrogens with one attached hydrogen (secondary N) is 2. The second-order valence-corrected chi connectivity index (χ2v) is 9.81. The maximum absolute atomic E-state index is 11.6. The Morgan fingerprint density at radius 2 is 1.68 bits per heavy atom. The predicted molar refractivity (Wildman–Crippen MR) is 138 cm³/mol. The van der Waals surface area contributed by atoms with Gasteiger partial charge in [0.1, 0.15) is 0 Å². The standard InChI is InChI=1S/C23H32N4O2S.HI/c1-3-24-23(25-17-19-9-11-22(12-10-19)30(2,28)29)26-21-13-15-27(16-14-21)18-20-7-5-4-6-8-20;/h4-12,21H,3,13-18H2,1-2H3,(H2,24,25,26);1H. The van der Waals surface area contributed by atoms with Crippen molar-refractivity contribution < 1.29 is 8.42 Å². The Balaban J connectivity index is 0.00000341. The molecule has 2 N–H and O–H groups in total. The fourth-order valence-electron chi connectivity index (χ4n) is 3.60. The minimum Gasteiger partial charge on any atom is -0.357 e. The van der Waals surface area contributed by atoms with Gasteiger partial charge in [-0.05, 0) is 43.0 Å². The molecule has 0 radical (unpaired) electrons. The van der Waals surface area contributed by atoms with E-state index in [4.69, 9.17) is 0 Å². The Kier molecular flexibility index (Phi) is 10.2. The maximum atomic E-state index is 11.6. The summed E-state index contributed by atoms with van der Waals surface area (Å²) in [4.78, 5) is 7.52. The number of likely N-dealkylation sites (tertiary alicyclic amines) is 1. The van der Waals surface area contributed by atoms with Crippen molar-refractivity contribution in [2.75, 3.05) is 25.9 Å². The van der Waals surface area contributed by atoms with Crippen LogP contribution in [0.5, 0.6) is 0 Å². The van der Waals surface area contributed by atoms with Gasteiger partial charge in [0, 0.05) is 38.5 Å². The van der Waals surface area contributed by atoms with Crippen molar-refractivity contribution in [3.05, 3.63) is 65.7 Å². The van der Waals surface area contributed by atoms with Crippen LogP contribution >= 0.6 is 24.0 Å². The van der Waals surface area contributed by atoms with Gasteiger partial charge in [-0.3, -0.25) is 4.90 Å². The van der Waals surface area contributed by atoms with Gasteiger partial charge in [0.25, 0.3) is 0 Å². The van der Waals surface area contributed by atoms with E-state index in [2.05, 4.69) is 57.8 Å². The molecule has 0 aromatic heterocycles. The third-order valence-corrected chi connectivity index (χ3v) is 6.42. The van der Waals surface area contributed by atoms with E-state index >= 15 is 0 Å². The summed E-state index contributed by atoms with van der Waals surface area (Å²) < 4.78 is 23.2. The summed E-state index contributed by atoms with van der Waals surface area (Å²) >= 11 is 0. The first-order chi connectivity index (χ1) is 14.4.